The van der Waals surface area contributed by atoms with Gasteiger partial charge in [0.1, 0.15) is 5.54 Å². The second-order valence-electron chi connectivity index (χ2n) is 7.76. The number of nitrogens with two attached hydrogens (primary N) is 3. The van der Waals surface area contributed by atoms with Crippen LogP contribution in [-0.2, 0) is 20.8 Å². The highest BCUT2D eigenvalue weighted by molar-refractivity contribution is 6.09. The number of hydrogen-bond acceptors (Lipinski definition) is 5. The number of primary amides is 1. The maximum absolute atomic E-state index is 12.9. The number of aryl methyl sites for hydroxylation is 1. The van der Waals surface area contributed by atoms with E-state index >= 15 is 0 Å². The molecule has 2 aliphatic heterocycles. The van der Waals surface area contributed by atoms with E-state index in [1.54, 1.807) is 0 Å². The molecule has 2 saturated heterocycles. The number of rotatable bonds is 8. The van der Waals surface area contributed by atoms with Gasteiger partial charge in [0.25, 0.3) is 0 Å². The Kier molecular flexibility index (Phi) is 5.88. The van der Waals surface area contributed by atoms with Crippen LogP contribution in [0.1, 0.15) is 24.8 Å². The summed E-state index contributed by atoms with van der Waals surface area (Å²) in [5, 5.41) is 3.29. The fourth-order valence-corrected chi connectivity index (χ4v) is 4.63. The minimum absolute atomic E-state index is 0.0389. The van der Waals surface area contributed by atoms with Gasteiger partial charge in [-0.1, -0.05) is 30.3 Å². The minimum Gasteiger partial charge on any atom is -0.370 e. The first-order valence-corrected chi connectivity index (χ1v) is 9.76. The van der Waals surface area contributed by atoms with Gasteiger partial charge in [0, 0.05) is 19.6 Å². The first kappa shape index (κ1) is 20.8. The first-order valence-electron chi connectivity index (χ1n) is 9.76. The molecule has 29 heavy (non-hydrogen) atoms. The summed E-state index contributed by atoms with van der Waals surface area (Å²) in [6, 6.07) is 9.55. The van der Waals surface area contributed by atoms with Crippen LogP contribution >= 0.6 is 0 Å². The number of fused-ring (bicyclic) bond motifs is 1. The van der Waals surface area contributed by atoms with Gasteiger partial charge in [-0.15, -0.1) is 0 Å². The van der Waals surface area contributed by atoms with Crippen LogP contribution in [0.25, 0.3) is 0 Å². The van der Waals surface area contributed by atoms with Gasteiger partial charge in [0.15, 0.2) is 5.96 Å². The van der Waals surface area contributed by atoms with Gasteiger partial charge in [-0.2, -0.15) is 0 Å². The van der Waals surface area contributed by atoms with E-state index in [4.69, 9.17) is 17.2 Å². The molecule has 0 saturated carbocycles. The van der Waals surface area contributed by atoms with E-state index in [0.29, 0.717) is 19.4 Å². The van der Waals surface area contributed by atoms with Crippen molar-refractivity contribution in [2.45, 2.75) is 37.3 Å². The highest BCUT2D eigenvalue weighted by Crippen LogP contribution is 2.45. The molecule has 0 aromatic heterocycles. The first-order chi connectivity index (χ1) is 13.8. The molecule has 7 N–H and O–H groups in total. The average molecular weight is 400 g/mol. The Morgan fingerprint density at radius 1 is 1.17 bits per heavy atom. The molecule has 1 aromatic carbocycles. The lowest BCUT2D eigenvalue weighted by Gasteiger charge is -2.31. The molecule has 0 bridgehead atoms. The van der Waals surface area contributed by atoms with Gasteiger partial charge >= 0.3 is 0 Å². The molecular formula is C20H28N6O3. The molecule has 4 unspecified atom stereocenters. The number of benzene rings is 1. The molecule has 156 valence electrons. The predicted octanol–water partition coefficient (Wildman–Crippen LogP) is -0.900. The van der Waals surface area contributed by atoms with Gasteiger partial charge in [-0.25, -0.2) is 0 Å². The van der Waals surface area contributed by atoms with Gasteiger partial charge in [-0.3, -0.25) is 29.6 Å². The Labute approximate surface area is 169 Å². The smallest absolute Gasteiger partial charge is 0.238 e. The standard InChI is InChI=1S/C20H28N6O3/c1-26-16(27)14-13(9-8-12-6-3-2-4-7-12)25-20(18(21)29,15(14)17(26)28)10-5-11-24-19(22)23/h2-4,6-7,13-15,25H,5,8-11H2,1H3,(H2,21,29)(H4,22,23,24). The topological polar surface area (TPSA) is 157 Å². The van der Waals surface area contributed by atoms with Crippen LogP contribution in [0.15, 0.2) is 35.3 Å². The Bertz CT molecular complexity index is 823. The highest BCUT2D eigenvalue weighted by atomic mass is 16.2. The summed E-state index contributed by atoms with van der Waals surface area (Å²) < 4.78 is 0. The van der Waals surface area contributed by atoms with E-state index in [2.05, 4.69) is 10.3 Å². The summed E-state index contributed by atoms with van der Waals surface area (Å²) in [5.41, 5.74) is 16.3. The Morgan fingerprint density at radius 2 is 1.86 bits per heavy atom. The third-order valence-corrected chi connectivity index (χ3v) is 6.03. The van der Waals surface area contributed by atoms with Crippen molar-refractivity contribution < 1.29 is 14.4 Å². The van der Waals surface area contributed by atoms with E-state index < -0.39 is 23.3 Å². The van der Waals surface area contributed by atoms with Gasteiger partial charge in [-0.05, 0) is 31.2 Å². The van der Waals surface area contributed by atoms with Gasteiger partial charge in [0.05, 0.1) is 11.8 Å². The fraction of sp³-hybridized carbons (Fsp3) is 0.500. The molecule has 4 atom stereocenters. The van der Waals surface area contributed by atoms with Gasteiger partial charge in [0.2, 0.25) is 17.7 Å². The van der Waals surface area contributed by atoms with E-state index in [9.17, 15) is 14.4 Å². The Balaban J connectivity index is 1.85. The number of carbonyl (C=O) groups excluding carboxylic acids is 3. The zero-order valence-corrected chi connectivity index (χ0v) is 16.5. The molecule has 3 rings (SSSR count). The van der Waals surface area contributed by atoms with Crippen molar-refractivity contribution in [2.75, 3.05) is 13.6 Å². The van der Waals surface area contributed by atoms with Crippen molar-refractivity contribution in [3.63, 3.8) is 0 Å². The number of carbonyl (C=O) groups is 3. The molecule has 1 aromatic rings. The largest absolute Gasteiger partial charge is 0.370 e. The minimum atomic E-state index is -1.29. The molecule has 9 nitrogen and oxygen atoms in total. The van der Waals surface area contributed by atoms with Gasteiger partial charge < -0.3 is 17.2 Å². The van der Waals surface area contributed by atoms with Crippen molar-refractivity contribution in [3.05, 3.63) is 35.9 Å². The highest BCUT2D eigenvalue weighted by Gasteiger charge is 2.66. The monoisotopic (exact) mass is 400 g/mol. The lowest BCUT2D eigenvalue weighted by Crippen LogP contribution is -2.59. The Hall–Kier alpha value is -2.94. The average Bonchev–Trinajstić information content (AvgIpc) is 3.14. The number of nitrogens with zero attached hydrogens (tertiary/aromatic N) is 2. The van der Waals surface area contributed by atoms with Crippen molar-refractivity contribution in [3.8, 4) is 0 Å². The third kappa shape index (κ3) is 3.82. The lowest BCUT2D eigenvalue weighted by molar-refractivity contribution is -0.141. The lowest BCUT2D eigenvalue weighted by atomic mass is 9.76. The second-order valence-corrected chi connectivity index (χ2v) is 7.76. The number of amides is 3. The molecule has 9 heteroatoms. The van der Waals surface area contributed by atoms with E-state index in [-0.39, 0.29) is 30.2 Å². The summed E-state index contributed by atoms with van der Waals surface area (Å²) in [6.07, 6.45) is 2.05. The molecule has 0 aliphatic carbocycles. The van der Waals surface area contributed by atoms with E-state index in [1.165, 1.54) is 7.05 Å². The van der Waals surface area contributed by atoms with Crippen LogP contribution in [0.4, 0.5) is 0 Å². The molecule has 2 heterocycles. The molecule has 2 aliphatic rings. The molecule has 3 amide bonds. The third-order valence-electron chi connectivity index (χ3n) is 6.03. The van der Waals surface area contributed by atoms with Crippen LogP contribution in [0.3, 0.4) is 0 Å². The molecule has 2 fully saturated rings. The number of guanidine groups is 1. The maximum Gasteiger partial charge on any atom is 0.238 e. The maximum atomic E-state index is 12.9. The molecular weight excluding hydrogens is 372 g/mol. The normalized spacial score (nSPS) is 28.4. The number of hydrogen-bond donors (Lipinski definition) is 4. The summed E-state index contributed by atoms with van der Waals surface area (Å²) in [4.78, 5) is 43.3. The quantitative estimate of drug-likeness (QED) is 0.192. The van der Waals surface area contributed by atoms with Crippen LogP contribution in [0.5, 0.6) is 0 Å². The fourth-order valence-electron chi connectivity index (χ4n) is 4.63. The second kappa shape index (κ2) is 8.20. The number of likely N-dealkylation sites (tertiary alicyclic amines) is 1. The summed E-state index contributed by atoms with van der Waals surface area (Å²) in [5.74, 6) is -2.71. The number of imide groups is 1. The number of nitrogens with one attached hydrogen (secondary N) is 1. The molecule has 0 radical (unpaired) electrons. The van der Waals surface area contributed by atoms with Crippen LogP contribution in [0.2, 0.25) is 0 Å². The summed E-state index contributed by atoms with van der Waals surface area (Å²) in [7, 11) is 1.46. The zero-order chi connectivity index (χ0) is 21.2. The number of aliphatic imine (C=N–C) groups is 1. The Morgan fingerprint density at radius 3 is 2.48 bits per heavy atom. The van der Waals surface area contributed by atoms with Crippen molar-refractivity contribution >= 4 is 23.7 Å². The molecule has 0 spiro atoms. The van der Waals surface area contributed by atoms with Crippen LogP contribution in [-0.4, -0.2) is 53.8 Å². The van der Waals surface area contributed by atoms with Crippen molar-refractivity contribution in [1.82, 2.24) is 10.2 Å². The van der Waals surface area contributed by atoms with Crippen LogP contribution < -0.4 is 22.5 Å². The summed E-state index contributed by atoms with van der Waals surface area (Å²) in [6.45, 7) is 0.309. The van der Waals surface area contributed by atoms with E-state index in [0.717, 1.165) is 16.9 Å². The van der Waals surface area contributed by atoms with Crippen LogP contribution in [0, 0.1) is 11.8 Å². The predicted molar refractivity (Wildman–Crippen MR) is 108 cm³/mol. The van der Waals surface area contributed by atoms with E-state index in [1.807, 2.05) is 30.3 Å². The SMILES string of the molecule is CN1C(=O)C2C(CCc3ccccc3)NC(CCCN=C(N)N)(C(N)=O)C2C1=O. The van der Waals surface area contributed by atoms with Crippen molar-refractivity contribution in [2.24, 2.45) is 34.0 Å². The summed E-state index contributed by atoms with van der Waals surface area (Å²) >= 11 is 0. The van der Waals surface area contributed by atoms with Crippen molar-refractivity contribution in [1.29, 1.82) is 0 Å². The zero-order valence-electron chi connectivity index (χ0n) is 16.5.